The number of halogens is 1. The predicted molar refractivity (Wildman–Crippen MR) is 96.9 cm³/mol. The molecule has 4 nitrogen and oxygen atoms in total. The third kappa shape index (κ3) is 5.08. The van der Waals surface area contributed by atoms with Crippen molar-refractivity contribution in [3.05, 3.63) is 50.7 Å². The van der Waals surface area contributed by atoms with Crippen LogP contribution in [-0.4, -0.2) is 17.7 Å². The third-order valence-electron chi connectivity index (χ3n) is 2.88. The molecule has 122 valence electrons. The normalized spacial score (nSPS) is 11.7. The lowest BCUT2D eigenvalue weighted by molar-refractivity contribution is 0.00199. The van der Waals surface area contributed by atoms with Crippen molar-refractivity contribution in [1.29, 1.82) is 0 Å². The van der Waals surface area contributed by atoms with Gasteiger partial charge in [0, 0.05) is 21.2 Å². The van der Waals surface area contributed by atoms with E-state index in [1.54, 1.807) is 35.8 Å². The van der Waals surface area contributed by atoms with Gasteiger partial charge in [0.1, 0.15) is 5.60 Å². The zero-order valence-electron chi connectivity index (χ0n) is 13.5. The van der Waals surface area contributed by atoms with Crippen molar-refractivity contribution in [2.24, 2.45) is 5.16 Å². The molecule has 0 bridgehead atoms. The van der Waals surface area contributed by atoms with Gasteiger partial charge in [-0.05, 0) is 57.3 Å². The zero-order chi connectivity index (χ0) is 17.0. The number of carbonyl (C=O) groups is 1. The highest BCUT2D eigenvalue weighted by Gasteiger charge is 2.12. The number of benzene rings is 1. The molecule has 0 aliphatic carbocycles. The highest BCUT2D eigenvalue weighted by molar-refractivity contribution is 7.10. The summed E-state index contributed by atoms with van der Waals surface area (Å²) in [5, 5.41) is 9.24. The second-order valence-electron chi connectivity index (χ2n) is 6.02. The smallest absolute Gasteiger partial charge is 0.256 e. The largest absolute Gasteiger partial charge is 0.390 e. The summed E-state index contributed by atoms with van der Waals surface area (Å²) in [6, 6.07) is 7.04. The summed E-state index contributed by atoms with van der Waals surface area (Å²) in [4.78, 5) is 18.5. The van der Waals surface area contributed by atoms with Gasteiger partial charge in [-0.2, -0.15) is 0 Å². The third-order valence-corrected chi connectivity index (χ3v) is 4.07. The lowest BCUT2D eigenvalue weighted by Crippen LogP contribution is -2.15. The van der Waals surface area contributed by atoms with E-state index in [1.165, 1.54) is 0 Å². The van der Waals surface area contributed by atoms with Gasteiger partial charge in [-0.25, -0.2) is 0 Å². The van der Waals surface area contributed by atoms with Crippen LogP contribution in [0, 0.1) is 6.92 Å². The standard InChI is InChI=1S/C17H19ClN2O2S/c1-11-14(7-8-23-11)16(21)20-13-5-6-15(18)12(9-13)10-19-22-17(2,3)4/h5-10H,1-4H3,(H,20,21)/b19-10+. The average molecular weight is 351 g/mol. The van der Waals surface area contributed by atoms with E-state index in [9.17, 15) is 4.79 Å². The zero-order valence-corrected chi connectivity index (χ0v) is 15.1. The summed E-state index contributed by atoms with van der Waals surface area (Å²) >= 11 is 7.69. The topological polar surface area (TPSA) is 50.7 Å². The Hall–Kier alpha value is -1.85. The Morgan fingerprint density at radius 2 is 2.09 bits per heavy atom. The maximum absolute atomic E-state index is 12.2. The second-order valence-corrected chi connectivity index (χ2v) is 7.55. The first-order chi connectivity index (χ1) is 10.8. The number of rotatable bonds is 4. The van der Waals surface area contributed by atoms with Crippen molar-refractivity contribution < 1.29 is 9.63 Å². The van der Waals surface area contributed by atoms with Crippen LogP contribution in [0.4, 0.5) is 5.69 Å². The van der Waals surface area contributed by atoms with Gasteiger partial charge in [-0.15, -0.1) is 11.3 Å². The molecule has 0 atom stereocenters. The van der Waals surface area contributed by atoms with Crippen LogP contribution in [-0.2, 0) is 4.84 Å². The SMILES string of the molecule is Cc1sccc1C(=O)Nc1ccc(Cl)c(/C=N/OC(C)(C)C)c1. The molecule has 2 rings (SSSR count). The van der Waals surface area contributed by atoms with Crippen LogP contribution in [0.15, 0.2) is 34.8 Å². The van der Waals surface area contributed by atoms with Crippen LogP contribution in [0.25, 0.3) is 0 Å². The molecule has 1 heterocycles. The summed E-state index contributed by atoms with van der Waals surface area (Å²) in [7, 11) is 0. The predicted octanol–water partition coefficient (Wildman–Crippen LogP) is 5.11. The molecule has 0 radical (unpaired) electrons. The van der Waals surface area contributed by atoms with E-state index in [4.69, 9.17) is 16.4 Å². The fraction of sp³-hybridized carbons (Fsp3) is 0.294. The number of amides is 1. The quantitative estimate of drug-likeness (QED) is 0.615. The molecule has 0 saturated heterocycles. The second kappa shape index (κ2) is 7.15. The molecule has 0 fully saturated rings. The molecule has 2 aromatic rings. The number of anilines is 1. The molecule has 0 unspecified atom stereocenters. The van der Waals surface area contributed by atoms with E-state index in [0.717, 1.165) is 4.88 Å². The minimum atomic E-state index is -0.370. The van der Waals surface area contributed by atoms with Crippen LogP contribution in [0.3, 0.4) is 0 Å². The number of carbonyl (C=O) groups excluding carboxylic acids is 1. The van der Waals surface area contributed by atoms with Gasteiger partial charge >= 0.3 is 0 Å². The lowest BCUT2D eigenvalue weighted by atomic mass is 10.2. The summed E-state index contributed by atoms with van der Waals surface area (Å²) in [5.74, 6) is -0.139. The van der Waals surface area contributed by atoms with Crippen molar-refractivity contribution in [3.63, 3.8) is 0 Å². The summed E-state index contributed by atoms with van der Waals surface area (Å²) in [6.45, 7) is 7.65. The fourth-order valence-electron chi connectivity index (χ4n) is 1.78. The Balaban J connectivity index is 2.14. The van der Waals surface area contributed by atoms with E-state index in [1.807, 2.05) is 39.1 Å². The molecular weight excluding hydrogens is 332 g/mol. The summed E-state index contributed by atoms with van der Waals surface area (Å²) < 4.78 is 0. The molecule has 6 heteroatoms. The first kappa shape index (κ1) is 17.5. The van der Waals surface area contributed by atoms with E-state index >= 15 is 0 Å². The lowest BCUT2D eigenvalue weighted by Gasteiger charge is -2.15. The Morgan fingerprint density at radius 1 is 1.35 bits per heavy atom. The Kier molecular flexibility index (Phi) is 5.44. The Bertz CT molecular complexity index is 732. The maximum atomic E-state index is 12.2. The van der Waals surface area contributed by atoms with Gasteiger partial charge in [-0.3, -0.25) is 4.79 Å². The van der Waals surface area contributed by atoms with Gasteiger partial charge in [0.15, 0.2) is 0 Å². The van der Waals surface area contributed by atoms with Crippen molar-refractivity contribution in [2.45, 2.75) is 33.3 Å². The molecule has 0 saturated carbocycles. The Labute approximate surface area is 145 Å². The fourth-order valence-corrected chi connectivity index (χ4v) is 2.64. The number of hydrogen-bond donors (Lipinski definition) is 1. The summed E-state index contributed by atoms with van der Waals surface area (Å²) in [6.07, 6.45) is 1.54. The van der Waals surface area contributed by atoms with Crippen molar-refractivity contribution in [1.82, 2.24) is 0 Å². The molecule has 0 spiro atoms. The molecule has 1 amide bonds. The molecule has 0 aliphatic heterocycles. The first-order valence-corrected chi connectivity index (χ1v) is 8.38. The number of aryl methyl sites for hydroxylation is 1. The molecule has 0 aliphatic rings. The highest BCUT2D eigenvalue weighted by atomic mass is 35.5. The first-order valence-electron chi connectivity index (χ1n) is 7.13. The molecule has 1 aromatic heterocycles. The number of nitrogens with one attached hydrogen (secondary N) is 1. The molecular formula is C17H19ClN2O2S. The average Bonchev–Trinajstić information content (AvgIpc) is 2.87. The van der Waals surface area contributed by atoms with Crippen LogP contribution in [0.1, 0.15) is 41.6 Å². The van der Waals surface area contributed by atoms with Crippen LogP contribution >= 0.6 is 22.9 Å². The van der Waals surface area contributed by atoms with Crippen LogP contribution in [0.5, 0.6) is 0 Å². The van der Waals surface area contributed by atoms with Gasteiger partial charge in [-0.1, -0.05) is 16.8 Å². The van der Waals surface area contributed by atoms with Crippen LogP contribution in [0.2, 0.25) is 5.02 Å². The van der Waals surface area contributed by atoms with Crippen molar-refractivity contribution in [3.8, 4) is 0 Å². The van der Waals surface area contributed by atoms with Gasteiger partial charge < -0.3 is 10.2 Å². The number of hydrogen-bond acceptors (Lipinski definition) is 4. The molecule has 1 aromatic carbocycles. The van der Waals surface area contributed by atoms with Crippen molar-refractivity contribution >= 4 is 40.7 Å². The summed E-state index contributed by atoms with van der Waals surface area (Å²) in [5.41, 5.74) is 1.64. The number of nitrogens with zero attached hydrogens (tertiary/aromatic N) is 1. The monoisotopic (exact) mass is 350 g/mol. The molecule has 23 heavy (non-hydrogen) atoms. The number of thiophene rings is 1. The highest BCUT2D eigenvalue weighted by Crippen LogP contribution is 2.21. The van der Waals surface area contributed by atoms with E-state index in [0.29, 0.717) is 21.8 Å². The van der Waals surface area contributed by atoms with E-state index in [2.05, 4.69) is 10.5 Å². The minimum absolute atomic E-state index is 0.139. The maximum Gasteiger partial charge on any atom is 0.256 e. The van der Waals surface area contributed by atoms with Crippen molar-refractivity contribution in [2.75, 3.05) is 5.32 Å². The minimum Gasteiger partial charge on any atom is -0.390 e. The van der Waals surface area contributed by atoms with Gasteiger partial charge in [0.2, 0.25) is 0 Å². The van der Waals surface area contributed by atoms with Gasteiger partial charge in [0.25, 0.3) is 5.91 Å². The van der Waals surface area contributed by atoms with E-state index in [-0.39, 0.29) is 11.5 Å². The van der Waals surface area contributed by atoms with Crippen LogP contribution < -0.4 is 5.32 Å². The Morgan fingerprint density at radius 3 is 2.70 bits per heavy atom. The van der Waals surface area contributed by atoms with Gasteiger partial charge in [0.05, 0.1) is 11.8 Å². The molecule has 1 N–H and O–H groups in total. The number of oxime groups is 1. The van der Waals surface area contributed by atoms with E-state index < -0.39 is 0 Å².